The third kappa shape index (κ3) is 2.88. The summed E-state index contributed by atoms with van der Waals surface area (Å²) in [6.45, 7) is 8.17. The molecule has 1 aromatic heterocycles. The van der Waals surface area contributed by atoms with Crippen LogP contribution in [-0.2, 0) is 17.7 Å². The van der Waals surface area contributed by atoms with E-state index in [9.17, 15) is 0 Å². The number of hydrogen-bond acceptors (Lipinski definition) is 3. The van der Waals surface area contributed by atoms with Gasteiger partial charge in [-0.3, -0.25) is 4.68 Å². The molecule has 108 valence electrons. The minimum atomic E-state index is -0.0645. The van der Waals surface area contributed by atoms with Gasteiger partial charge in [-0.25, -0.2) is 0 Å². The van der Waals surface area contributed by atoms with Crippen LogP contribution in [0, 0.1) is 6.92 Å². The SMILES string of the molecule is CCn1nc(C)c(Br)c1CC(NC)C1(C)CCCO1. The Balaban J connectivity index is 2.23. The Labute approximate surface area is 124 Å². The fourth-order valence-corrected chi connectivity index (χ4v) is 3.40. The second kappa shape index (κ2) is 5.94. The zero-order valence-electron chi connectivity index (χ0n) is 12.3. The smallest absolute Gasteiger partial charge is 0.0811 e. The molecule has 0 bridgehead atoms. The minimum Gasteiger partial charge on any atom is -0.374 e. The summed E-state index contributed by atoms with van der Waals surface area (Å²) in [5.74, 6) is 0. The van der Waals surface area contributed by atoms with E-state index in [1.807, 2.05) is 14.0 Å². The molecule has 0 radical (unpaired) electrons. The first-order valence-corrected chi connectivity index (χ1v) is 7.84. The van der Waals surface area contributed by atoms with Crippen molar-refractivity contribution in [1.29, 1.82) is 0 Å². The number of hydrogen-bond donors (Lipinski definition) is 1. The van der Waals surface area contributed by atoms with Crippen molar-refractivity contribution in [2.24, 2.45) is 0 Å². The van der Waals surface area contributed by atoms with Gasteiger partial charge in [0.25, 0.3) is 0 Å². The number of nitrogens with one attached hydrogen (secondary N) is 1. The fraction of sp³-hybridized carbons (Fsp3) is 0.786. The summed E-state index contributed by atoms with van der Waals surface area (Å²) < 4.78 is 9.20. The first-order valence-electron chi connectivity index (χ1n) is 7.05. The van der Waals surface area contributed by atoms with Crippen molar-refractivity contribution in [2.75, 3.05) is 13.7 Å². The van der Waals surface area contributed by atoms with Gasteiger partial charge in [0.1, 0.15) is 0 Å². The van der Waals surface area contributed by atoms with Gasteiger partial charge >= 0.3 is 0 Å². The molecule has 2 rings (SSSR count). The Hall–Kier alpha value is -0.390. The van der Waals surface area contributed by atoms with E-state index in [1.54, 1.807) is 0 Å². The molecular formula is C14H24BrN3O. The number of rotatable bonds is 5. The summed E-state index contributed by atoms with van der Waals surface area (Å²) in [5, 5.41) is 8.00. The largest absolute Gasteiger partial charge is 0.374 e. The summed E-state index contributed by atoms with van der Waals surface area (Å²) in [6.07, 6.45) is 3.21. The lowest BCUT2D eigenvalue weighted by Gasteiger charge is -2.33. The molecular weight excluding hydrogens is 306 g/mol. The third-order valence-electron chi connectivity index (χ3n) is 4.19. The molecule has 1 fully saturated rings. The van der Waals surface area contributed by atoms with Crippen molar-refractivity contribution in [3.05, 3.63) is 15.9 Å². The van der Waals surface area contributed by atoms with E-state index in [0.717, 1.165) is 42.6 Å². The maximum atomic E-state index is 5.98. The average Bonchev–Trinajstić information content (AvgIpc) is 2.94. The molecule has 0 aromatic carbocycles. The molecule has 19 heavy (non-hydrogen) atoms. The topological polar surface area (TPSA) is 39.1 Å². The number of nitrogens with zero attached hydrogens (tertiary/aromatic N) is 2. The summed E-state index contributed by atoms with van der Waals surface area (Å²) in [7, 11) is 2.02. The van der Waals surface area contributed by atoms with Crippen LogP contribution in [0.5, 0.6) is 0 Å². The lowest BCUT2D eigenvalue weighted by atomic mass is 9.89. The first-order chi connectivity index (χ1) is 9.01. The molecule has 2 atom stereocenters. The van der Waals surface area contributed by atoms with Gasteiger partial charge in [-0.2, -0.15) is 5.10 Å². The molecule has 2 heterocycles. The van der Waals surface area contributed by atoms with Crippen molar-refractivity contribution >= 4 is 15.9 Å². The van der Waals surface area contributed by atoms with Crippen LogP contribution in [0.2, 0.25) is 0 Å². The molecule has 1 aliphatic rings. The van der Waals surface area contributed by atoms with Crippen molar-refractivity contribution in [1.82, 2.24) is 15.1 Å². The van der Waals surface area contributed by atoms with E-state index in [0.29, 0.717) is 6.04 Å². The quantitative estimate of drug-likeness (QED) is 0.902. The van der Waals surface area contributed by atoms with Crippen molar-refractivity contribution in [2.45, 2.75) is 58.2 Å². The monoisotopic (exact) mass is 329 g/mol. The highest BCUT2D eigenvalue weighted by atomic mass is 79.9. The molecule has 0 saturated carbocycles. The van der Waals surface area contributed by atoms with Crippen LogP contribution in [0.4, 0.5) is 0 Å². The predicted molar refractivity (Wildman–Crippen MR) is 80.5 cm³/mol. The van der Waals surface area contributed by atoms with E-state index < -0.39 is 0 Å². The van der Waals surface area contributed by atoms with Gasteiger partial charge in [0, 0.05) is 25.6 Å². The summed E-state index contributed by atoms with van der Waals surface area (Å²) in [6, 6.07) is 0.313. The van der Waals surface area contributed by atoms with Gasteiger partial charge < -0.3 is 10.1 Å². The lowest BCUT2D eigenvalue weighted by Crippen LogP contribution is -2.48. The maximum absolute atomic E-state index is 5.98. The summed E-state index contributed by atoms with van der Waals surface area (Å²) in [4.78, 5) is 0. The zero-order chi connectivity index (χ0) is 14.0. The molecule has 4 nitrogen and oxygen atoms in total. The standard InChI is InChI=1S/C14H24BrN3O/c1-5-18-11(13(15)10(2)17-18)9-12(16-4)14(3)7-6-8-19-14/h12,16H,5-9H2,1-4H3. The van der Waals surface area contributed by atoms with E-state index in [1.165, 1.54) is 5.69 Å². The number of aryl methyl sites for hydroxylation is 2. The predicted octanol–water partition coefficient (Wildman–Crippen LogP) is 2.67. The van der Waals surface area contributed by atoms with Crippen LogP contribution in [0.15, 0.2) is 4.47 Å². The van der Waals surface area contributed by atoms with Crippen molar-refractivity contribution in [3.8, 4) is 0 Å². The van der Waals surface area contributed by atoms with E-state index >= 15 is 0 Å². The van der Waals surface area contributed by atoms with Crippen LogP contribution in [0.1, 0.15) is 38.1 Å². The summed E-state index contributed by atoms with van der Waals surface area (Å²) in [5.41, 5.74) is 2.26. The molecule has 1 N–H and O–H groups in total. The van der Waals surface area contributed by atoms with Crippen LogP contribution < -0.4 is 5.32 Å². The van der Waals surface area contributed by atoms with Gasteiger partial charge in [0.15, 0.2) is 0 Å². The number of ether oxygens (including phenoxy) is 1. The number of halogens is 1. The van der Waals surface area contributed by atoms with Gasteiger partial charge in [-0.05, 0) is 56.6 Å². The normalized spacial score (nSPS) is 24.9. The Morgan fingerprint density at radius 1 is 1.58 bits per heavy atom. The molecule has 0 amide bonds. The lowest BCUT2D eigenvalue weighted by molar-refractivity contribution is -0.00994. The molecule has 0 spiro atoms. The van der Waals surface area contributed by atoms with Gasteiger partial charge in [0.05, 0.1) is 21.5 Å². The number of likely N-dealkylation sites (N-methyl/N-ethyl adjacent to an activating group) is 1. The second-order valence-electron chi connectivity index (χ2n) is 5.47. The number of aromatic nitrogens is 2. The molecule has 1 aliphatic heterocycles. The van der Waals surface area contributed by atoms with Crippen molar-refractivity contribution in [3.63, 3.8) is 0 Å². The Morgan fingerprint density at radius 2 is 2.32 bits per heavy atom. The van der Waals surface area contributed by atoms with Crippen LogP contribution in [-0.4, -0.2) is 35.1 Å². The minimum absolute atomic E-state index is 0.0645. The maximum Gasteiger partial charge on any atom is 0.0811 e. The molecule has 1 saturated heterocycles. The van der Waals surface area contributed by atoms with Crippen molar-refractivity contribution < 1.29 is 4.74 Å². The third-order valence-corrected chi connectivity index (χ3v) is 5.22. The molecule has 5 heteroatoms. The highest BCUT2D eigenvalue weighted by Crippen LogP contribution is 2.32. The van der Waals surface area contributed by atoms with E-state index in [-0.39, 0.29) is 5.60 Å². The van der Waals surface area contributed by atoms with Crippen LogP contribution in [0.3, 0.4) is 0 Å². The van der Waals surface area contributed by atoms with E-state index in [4.69, 9.17) is 4.74 Å². The average molecular weight is 330 g/mol. The Kier molecular flexibility index (Phi) is 4.69. The van der Waals surface area contributed by atoms with E-state index in [2.05, 4.69) is 44.9 Å². The molecule has 2 unspecified atom stereocenters. The van der Waals surface area contributed by atoms with Crippen LogP contribution >= 0.6 is 15.9 Å². The van der Waals surface area contributed by atoms with Gasteiger partial charge in [-0.15, -0.1) is 0 Å². The highest BCUT2D eigenvalue weighted by molar-refractivity contribution is 9.10. The Bertz CT molecular complexity index is 438. The fourth-order valence-electron chi connectivity index (χ4n) is 2.96. The summed E-state index contributed by atoms with van der Waals surface area (Å²) >= 11 is 3.67. The highest BCUT2D eigenvalue weighted by Gasteiger charge is 2.38. The van der Waals surface area contributed by atoms with Gasteiger partial charge in [-0.1, -0.05) is 0 Å². The second-order valence-corrected chi connectivity index (χ2v) is 6.26. The van der Waals surface area contributed by atoms with Gasteiger partial charge in [0.2, 0.25) is 0 Å². The first kappa shape index (κ1) is 15.0. The van der Waals surface area contributed by atoms with Crippen LogP contribution in [0.25, 0.3) is 0 Å². The molecule has 0 aliphatic carbocycles. The Morgan fingerprint density at radius 3 is 2.84 bits per heavy atom. The molecule has 1 aromatic rings. The zero-order valence-corrected chi connectivity index (χ0v) is 13.9.